The van der Waals surface area contributed by atoms with Crippen molar-refractivity contribution in [1.82, 2.24) is 4.57 Å². The maximum Gasteiger partial charge on any atom is 0.0542 e. The van der Waals surface area contributed by atoms with Crippen molar-refractivity contribution in [3.05, 3.63) is 248 Å². The molecule has 0 N–H and O–H groups in total. The average molecular weight is 818 g/mol. The highest BCUT2D eigenvalue weighted by Crippen LogP contribution is 2.45. The summed E-state index contributed by atoms with van der Waals surface area (Å²) in [6.07, 6.45) is 0. The van der Waals surface area contributed by atoms with Crippen molar-refractivity contribution in [3.63, 3.8) is 0 Å². The van der Waals surface area contributed by atoms with Crippen LogP contribution in [-0.2, 0) is 0 Å². The average Bonchev–Trinajstić information content (AvgIpc) is 3.69. The fraction of sp³-hybridized carbons (Fsp3) is 0.0164. The fourth-order valence-corrected chi connectivity index (χ4v) is 9.74. The topological polar surface area (TPSA) is 11.4 Å². The molecule has 0 saturated heterocycles. The number of hydrogen-bond donors (Lipinski definition) is 0. The number of para-hydroxylation sites is 2. The minimum Gasteiger partial charge on any atom is -0.310 e. The number of aryl methyl sites for hydroxylation is 1. The molecule has 0 amide bonds. The Morgan fingerprint density at radius 3 is 1.69 bits per heavy atom. The fourth-order valence-electron chi connectivity index (χ4n) is 9.74. The zero-order valence-corrected chi connectivity index (χ0v) is 35.4. The third-order valence-corrected chi connectivity index (χ3v) is 12.8. The molecule has 0 spiro atoms. The van der Waals surface area contributed by atoms with Crippen molar-refractivity contribution in [2.45, 2.75) is 6.92 Å². The van der Waals surface area contributed by atoms with Gasteiger partial charge in [-0.25, -0.2) is 0 Å². The summed E-state index contributed by atoms with van der Waals surface area (Å²) >= 11 is 0. The van der Waals surface area contributed by atoms with Gasteiger partial charge in [-0.15, -0.1) is 0 Å². The summed E-state index contributed by atoms with van der Waals surface area (Å²) in [7, 11) is 0. The lowest BCUT2D eigenvalue weighted by Crippen LogP contribution is -2.11. The molecular weight excluding hydrogens is 775 g/mol. The van der Waals surface area contributed by atoms with E-state index < -0.39 is 0 Å². The van der Waals surface area contributed by atoms with Crippen LogP contribution in [-0.4, -0.2) is 4.57 Å². The van der Waals surface area contributed by atoms with Gasteiger partial charge in [-0.3, -0.25) is 0 Å². The molecule has 64 heavy (non-hydrogen) atoms. The van der Waals surface area contributed by atoms with Gasteiger partial charge in [0.25, 0.3) is 0 Å². The molecule has 0 aliphatic carbocycles. The second-order valence-corrected chi connectivity index (χ2v) is 16.7. The Balaban J connectivity index is 0.995. The second kappa shape index (κ2) is 15.5. The lowest BCUT2D eigenvalue weighted by Gasteiger charge is -2.29. The molecule has 12 aromatic rings. The van der Waals surface area contributed by atoms with E-state index in [1.165, 1.54) is 70.8 Å². The van der Waals surface area contributed by atoms with Crippen LogP contribution in [0.3, 0.4) is 0 Å². The van der Waals surface area contributed by atoms with Crippen molar-refractivity contribution in [2.24, 2.45) is 0 Å². The third kappa shape index (κ3) is 6.37. The van der Waals surface area contributed by atoms with E-state index in [1.807, 2.05) is 0 Å². The summed E-state index contributed by atoms with van der Waals surface area (Å²) in [5, 5.41) is 9.71. The molecule has 0 fully saturated rings. The number of anilines is 6. The lowest BCUT2D eigenvalue weighted by atomic mass is 9.95. The predicted octanol–water partition coefficient (Wildman–Crippen LogP) is 17.2. The molecule has 0 unspecified atom stereocenters. The minimum atomic E-state index is 1.09. The van der Waals surface area contributed by atoms with Gasteiger partial charge in [0, 0.05) is 50.0 Å². The van der Waals surface area contributed by atoms with Crippen LogP contribution in [0.2, 0.25) is 0 Å². The zero-order valence-electron chi connectivity index (χ0n) is 35.4. The molecule has 11 aromatic carbocycles. The van der Waals surface area contributed by atoms with E-state index in [0.717, 1.165) is 39.8 Å². The number of aromatic nitrogens is 1. The summed E-state index contributed by atoms with van der Waals surface area (Å²) in [6.45, 7) is 2.15. The van der Waals surface area contributed by atoms with Gasteiger partial charge in [-0.05, 0) is 125 Å². The van der Waals surface area contributed by atoms with Gasteiger partial charge in [0.15, 0.2) is 0 Å². The van der Waals surface area contributed by atoms with Crippen molar-refractivity contribution in [1.29, 1.82) is 0 Å². The number of hydrogen-bond acceptors (Lipinski definition) is 2. The number of rotatable bonds is 8. The molecule has 0 saturated carbocycles. The van der Waals surface area contributed by atoms with Gasteiger partial charge in [-0.2, -0.15) is 0 Å². The van der Waals surface area contributed by atoms with Crippen molar-refractivity contribution < 1.29 is 0 Å². The minimum absolute atomic E-state index is 1.09. The number of nitrogens with zero attached hydrogens (tertiary/aromatic N) is 3. The third-order valence-electron chi connectivity index (χ3n) is 12.8. The van der Waals surface area contributed by atoms with Crippen molar-refractivity contribution >= 4 is 88.2 Å². The van der Waals surface area contributed by atoms with Crippen LogP contribution in [0.15, 0.2) is 243 Å². The second-order valence-electron chi connectivity index (χ2n) is 16.7. The van der Waals surface area contributed by atoms with Gasteiger partial charge < -0.3 is 14.4 Å². The molecule has 1 heterocycles. The van der Waals surface area contributed by atoms with Crippen molar-refractivity contribution in [3.8, 4) is 16.8 Å². The highest BCUT2D eigenvalue weighted by Gasteiger charge is 2.21. The molecule has 302 valence electrons. The predicted molar refractivity (Wildman–Crippen MR) is 273 cm³/mol. The van der Waals surface area contributed by atoms with Crippen LogP contribution in [0.4, 0.5) is 34.1 Å². The van der Waals surface area contributed by atoms with Gasteiger partial charge in [0.1, 0.15) is 0 Å². The number of fused-ring (bicyclic) bond motifs is 6. The molecule has 0 bridgehead atoms. The Kier molecular flexibility index (Phi) is 9.05. The monoisotopic (exact) mass is 817 g/mol. The van der Waals surface area contributed by atoms with E-state index in [2.05, 4.69) is 264 Å². The van der Waals surface area contributed by atoms with Crippen LogP contribution >= 0.6 is 0 Å². The van der Waals surface area contributed by atoms with E-state index in [-0.39, 0.29) is 0 Å². The highest BCUT2D eigenvalue weighted by atomic mass is 15.1. The summed E-state index contributed by atoms with van der Waals surface area (Å²) in [5.41, 5.74) is 13.8. The van der Waals surface area contributed by atoms with E-state index in [1.54, 1.807) is 0 Å². The normalized spacial score (nSPS) is 11.5. The highest BCUT2D eigenvalue weighted by molar-refractivity contribution is 6.11. The first-order chi connectivity index (χ1) is 31.7. The van der Waals surface area contributed by atoms with Crippen LogP contribution < -0.4 is 9.80 Å². The first-order valence-electron chi connectivity index (χ1n) is 22.0. The Bertz CT molecular complexity index is 3670. The lowest BCUT2D eigenvalue weighted by molar-refractivity contribution is 1.18. The van der Waals surface area contributed by atoms with Crippen LogP contribution in [0.25, 0.3) is 70.9 Å². The first-order valence-corrected chi connectivity index (χ1v) is 22.0. The van der Waals surface area contributed by atoms with E-state index in [4.69, 9.17) is 0 Å². The first kappa shape index (κ1) is 37.4. The smallest absolute Gasteiger partial charge is 0.0542 e. The molecule has 0 radical (unpaired) electrons. The van der Waals surface area contributed by atoms with Gasteiger partial charge >= 0.3 is 0 Å². The maximum atomic E-state index is 2.42. The quantitative estimate of drug-likeness (QED) is 0.151. The Morgan fingerprint density at radius 2 is 0.875 bits per heavy atom. The van der Waals surface area contributed by atoms with Crippen LogP contribution in [0.1, 0.15) is 5.56 Å². The molecule has 0 aliphatic heterocycles. The Morgan fingerprint density at radius 1 is 0.312 bits per heavy atom. The Hall–Kier alpha value is -8.40. The van der Waals surface area contributed by atoms with E-state index in [0.29, 0.717) is 0 Å². The maximum absolute atomic E-state index is 2.42. The van der Waals surface area contributed by atoms with E-state index >= 15 is 0 Å². The van der Waals surface area contributed by atoms with E-state index in [9.17, 15) is 0 Å². The summed E-state index contributed by atoms with van der Waals surface area (Å²) in [4.78, 5) is 4.82. The van der Waals surface area contributed by atoms with Gasteiger partial charge in [0.05, 0.1) is 22.4 Å². The number of benzene rings is 11. The molecular formula is C61H43N3. The summed E-state index contributed by atoms with van der Waals surface area (Å²) in [5.74, 6) is 0. The van der Waals surface area contributed by atoms with Crippen molar-refractivity contribution in [2.75, 3.05) is 9.80 Å². The Labute approximate surface area is 372 Å². The largest absolute Gasteiger partial charge is 0.310 e. The standard InChI is InChI=1S/C61H43N3/c1-42-26-31-49(32-27-42)64(58-25-13-17-44-15-7-8-20-53(44)58)60-39-37-52(54-21-9-10-22-55(54)60)45-29-33-48(34-30-45)62(50-35-28-43-14-5-6-16-46(43)40-50)51-36-38-61-57(41-51)56-23-11-12-24-59(56)63(61)47-18-3-2-4-19-47/h2-41H,1H3. The zero-order chi connectivity index (χ0) is 42.6. The molecule has 12 rings (SSSR count). The summed E-state index contributed by atoms with van der Waals surface area (Å²) < 4.78 is 2.38. The molecule has 1 aromatic heterocycles. The SMILES string of the molecule is Cc1ccc(N(c2cccc3ccccc23)c2ccc(-c3ccc(N(c4ccc5ccccc5c4)c4ccc5c(c4)c4ccccc4n5-c4ccccc4)cc3)c3ccccc23)cc1. The molecule has 0 aliphatic rings. The van der Waals surface area contributed by atoms with Crippen LogP contribution in [0.5, 0.6) is 0 Å². The summed E-state index contributed by atoms with van der Waals surface area (Å²) in [6, 6.07) is 88.4. The van der Waals surface area contributed by atoms with Gasteiger partial charge in [0.2, 0.25) is 0 Å². The molecule has 3 heteroatoms. The van der Waals surface area contributed by atoms with Crippen LogP contribution in [0, 0.1) is 6.92 Å². The van der Waals surface area contributed by atoms with Gasteiger partial charge in [-0.1, -0.05) is 163 Å². The molecule has 3 nitrogen and oxygen atoms in total. The molecule has 0 atom stereocenters.